The molecule has 1 rings (SSSR count). The second-order valence-electron chi connectivity index (χ2n) is 3.45. The molecule has 0 N–H and O–H groups in total. The Morgan fingerprint density at radius 2 is 1.89 bits per heavy atom. The summed E-state index contributed by atoms with van der Waals surface area (Å²) < 4.78 is 17.2. The minimum Gasteiger partial charge on any atom is -0.496 e. The van der Waals surface area contributed by atoms with Crippen molar-refractivity contribution >= 4 is 27.7 Å². The van der Waals surface area contributed by atoms with Gasteiger partial charge in [-0.05, 0) is 48.0 Å². The summed E-state index contributed by atoms with van der Waals surface area (Å²) in [6, 6.07) is 6.02. The lowest BCUT2D eigenvalue weighted by atomic mass is 10.3. The van der Waals surface area contributed by atoms with E-state index in [1.807, 2.05) is 32.0 Å². The van der Waals surface area contributed by atoms with Gasteiger partial charge in [0.25, 0.3) is 0 Å². The van der Waals surface area contributed by atoms with Gasteiger partial charge in [-0.15, -0.1) is 11.8 Å². The van der Waals surface area contributed by atoms with E-state index < -0.39 is 0 Å². The minimum atomic E-state index is -0.147. The topological polar surface area (TPSA) is 27.7 Å². The lowest BCUT2D eigenvalue weighted by Gasteiger charge is -2.16. The lowest BCUT2D eigenvalue weighted by Crippen LogP contribution is -2.19. The summed E-state index contributed by atoms with van der Waals surface area (Å²) in [5.74, 6) is 1.62. The van der Waals surface area contributed by atoms with E-state index in [9.17, 15) is 0 Å². The van der Waals surface area contributed by atoms with Crippen LogP contribution in [0.3, 0.4) is 0 Å². The van der Waals surface area contributed by atoms with E-state index in [4.69, 9.17) is 14.2 Å². The molecule has 0 aliphatic rings. The second kappa shape index (κ2) is 8.80. The van der Waals surface area contributed by atoms with Crippen LogP contribution in [0.25, 0.3) is 0 Å². The molecule has 5 heteroatoms. The zero-order chi connectivity index (χ0) is 13.4. The Bertz CT molecular complexity index is 354. The van der Waals surface area contributed by atoms with Crippen molar-refractivity contribution in [2.24, 2.45) is 0 Å². The maximum atomic E-state index is 5.50. The molecule has 3 nitrogen and oxygen atoms in total. The SMILES string of the molecule is CCOC(CSc1ccc(OC)c(Br)c1)OCC. The number of rotatable bonds is 8. The molecule has 0 saturated heterocycles. The summed E-state index contributed by atoms with van der Waals surface area (Å²) in [5, 5.41) is 0. The average Bonchev–Trinajstić information content (AvgIpc) is 2.36. The van der Waals surface area contributed by atoms with Gasteiger partial charge in [-0.25, -0.2) is 0 Å². The third-order valence-electron chi connectivity index (χ3n) is 2.21. The van der Waals surface area contributed by atoms with E-state index in [0.29, 0.717) is 13.2 Å². The Morgan fingerprint density at radius 1 is 1.22 bits per heavy atom. The lowest BCUT2D eigenvalue weighted by molar-refractivity contribution is -0.120. The normalized spacial score (nSPS) is 10.9. The van der Waals surface area contributed by atoms with Gasteiger partial charge in [0.2, 0.25) is 0 Å². The molecule has 0 bridgehead atoms. The monoisotopic (exact) mass is 334 g/mol. The number of hydrogen-bond donors (Lipinski definition) is 0. The quantitative estimate of drug-likeness (QED) is 0.531. The van der Waals surface area contributed by atoms with Gasteiger partial charge < -0.3 is 14.2 Å². The van der Waals surface area contributed by atoms with Gasteiger partial charge in [0.05, 0.1) is 11.6 Å². The minimum absolute atomic E-state index is 0.147. The van der Waals surface area contributed by atoms with Crippen molar-refractivity contribution in [1.29, 1.82) is 0 Å². The Labute approximate surface area is 121 Å². The van der Waals surface area contributed by atoms with Crippen LogP contribution in [-0.2, 0) is 9.47 Å². The predicted molar refractivity (Wildman–Crippen MR) is 78.5 cm³/mol. The molecule has 0 amide bonds. The van der Waals surface area contributed by atoms with Crippen molar-refractivity contribution in [3.8, 4) is 5.75 Å². The number of methoxy groups -OCH3 is 1. The summed E-state index contributed by atoms with van der Waals surface area (Å²) in [7, 11) is 1.66. The van der Waals surface area contributed by atoms with E-state index in [1.165, 1.54) is 0 Å². The molecule has 1 aromatic carbocycles. The van der Waals surface area contributed by atoms with Crippen LogP contribution in [0.5, 0.6) is 5.75 Å². The van der Waals surface area contributed by atoms with E-state index >= 15 is 0 Å². The number of thioether (sulfide) groups is 1. The fourth-order valence-electron chi connectivity index (χ4n) is 1.42. The van der Waals surface area contributed by atoms with E-state index in [-0.39, 0.29) is 6.29 Å². The standard InChI is InChI=1S/C13H19BrO3S/c1-4-16-13(17-5-2)9-18-10-6-7-12(15-3)11(14)8-10/h6-8,13H,4-5,9H2,1-3H3. The highest BCUT2D eigenvalue weighted by molar-refractivity contribution is 9.10. The number of benzene rings is 1. The molecule has 0 atom stereocenters. The Hall–Kier alpha value is -0.230. The van der Waals surface area contributed by atoms with Gasteiger partial charge in [0, 0.05) is 23.9 Å². The summed E-state index contributed by atoms with van der Waals surface area (Å²) >= 11 is 5.18. The van der Waals surface area contributed by atoms with Crippen molar-refractivity contribution in [2.45, 2.75) is 25.0 Å². The molecule has 18 heavy (non-hydrogen) atoms. The van der Waals surface area contributed by atoms with Gasteiger partial charge >= 0.3 is 0 Å². The first-order chi connectivity index (χ1) is 8.71. The molecule has 0 aliphatic carbocycles. The fraction of sp³-hybridized carbons (Fsp3) is 0.538. The van der Waals surface area contributed by atoms with Crippen molar-refractivity contribution in [3.05, 3.63) is 22.7 Å². The molecule has 0 radical (unpaired) electrons. The van der Waals surface area contributed by atoms with Crippen LogP contribution in [0.4, 0.5) is 0 Å². The van der Waals surface area contributed by atoms with Crippen molar-refractivity contribution in [3.63, 3.8) is 0 Å². The van der Waals surface area contributed by atoms with Gasteiger partial charge in [-0.2, -0.15) is 0 Å². The van der Waals surface area contributed by atoms with E-state index in [0.717, 1.165) is 20.9 Å². The Balaban J connectivity index is 2.53. The van der Waals surface area contributed by atoms with Crippen LogP contribution in [-0.4, -0.2) is 32.4 Å². The first kappa shape index (κ1) is 15.8. The van der Waals surface area contributed by atoms with Crippen molar-refractivity contribution in [2.75, 3.05) is 26.1 Å². The third-order valence-corrected chi connectivity index (χ3v) is 3.86. The predicted octanol–water partition coefficient (Wildman–Crippen LogP) is 3.95. The molecule has 0 aromatic heterocycles. The summed E-state index contributed by atoms with van der Waals surface area (Å²) in [6.45, 7) is 5.27. The molecule has 0 spiro atoms. The maximum absolute atomic E-state index is 5.50. The zero-order valence-corrected chi connectivity index (χ0v) is 13.3. The summed E-state index contributed by atoms with van der Waals surface area (Å²) in [6.07, 6.45) is -0.147. The van der Waals surface area contributed by atoms with Gasteiger partial charge in [0.15, 0.2) is 6.29 Å². The molecule has 102 valence electrons. The highest BCUT2D eigenvalue weighted by Gasteiger charge is 2.09. The average molecular weight is 335 g/mol. The molecule has 0 heterocycles. The molecular formula is C13H19BrO3S. The molecular weight excluding hydrogens is 316 g/mol. The van der Waals surface area contributed by atoms with Crippen molar-refractivity contribution < 1.29 is 14.2 Å². The van der Waals surface area contributed by atoms with Crippen LogP contribution in [0.2, 0.25) is 0 Å². The van der Waals surface area contributed by atoms with Crippen LogP contribution < -0.4 is 4.74 Å². The molecule has 1 aromatic rings. The van der Waals surface area contributed by atoms with Crippen LogP contribution in [0.15, 0.2) is 27.6 Å². The number of hydrogen-bond acceptors (Lipinski definition) is 4. The second-order valence-corrected chi connectivity index (χ2v) is 5.40. The fourth-order valence-corrected chi connectivity index (χ4v) is 3.00. The van der Waals surface area contributed by atoms with E-state index in [1.54, 1.807) is 18.9 Å². The zero-order valence-electron chi connectivity index (χ0n) is 10.9. The smallest absolute Gasteiger partial charge is 0.166 e. The summed E-state index contributed by atoms with van der Waals surface area (Å²) in [4.78, 5) is 1.16. The molecule has 0 aliphatic heterocycles. The first-order valence-electron chi connectivity index (χ1n) is 5.90. The Morgan fingerprint density at radius 3 is 2.39 bits per heavy atom. The molecule has 0 saturated carbocycles. The maximum Gasteiger partial charge on any atom is 0.166 e. The van der Waals surface area contributed by atoms with Gasteiger partial charge in [0.1, 0.15) is 5.75 Å². The van der Waals surface area contributed by atoms with Crippen LogP contribution >= 0.6 is 27.7 Å². The number of halogens is 1. The third kappa shape index (κ3) is 5.18. The Kier molecular flexibility index (Phi) is 7.74. The molecule has 0 fully saturated rings. The van der Waals surface area contributed by atoms with E-state index in [2.05, 4.69) is 15.9 Å². The highest BCUT2D eigenvalue weighted by atomic mass is 79.9. The summed E-state index contributed by atoms with van der Waals surface area (Å²) in [5.41, 5.74) is 0. The molecule has 0 unspecified atom stereocenters. The van der Waals surface area contributed by atoms with Gasteiger partial charge in [-0.1, -0.05) is 0 Å². The largest absolute Gasteiger partial charge is 0.496 e. The van der Waals surface area contributed by atoms with Crippen LogP contribution in [0, 0.1) is 0 Å². The highest BCUT2D eigenvalue weighted by Crippen LogP contribution is 2.30. The number of ether oxygens (including phenoxy) is 3. The van der Waals surface area contributed by atoms with Crippen molar-refractivity contribution in [1.82, 2.24) is 0 Å². The van der Waals surface area contributed by atoms with Gasteiger partial charge in [-0.3, -0.25) is 0 Å². The first-order valence-corrected chi connectivity index (χ1v) is 7.68. The van der Waals surface area contributed by atoms with Crippen LogP contribution in [0.1, 0.15) is 13.8 Å².